The molecule has 16 heteroatoms. The van der Waals surface area contributed by atoms with E-state index in [1.807, 2.05) is 0 Å². The summed E-state index contributed by atoms with van der Waals surface area (Å²) >= 11 is 0. The van der Waals surface area contributed by atoms with E-state index in [1.54, 1.807) is 0 Å². The number of hydrogen-bond donors (Lipinski definition) is 0. The number of benzene rings is 2. The topological polar surface area (TPSA) is 49.4 Å². The Balaban J connectivity index is 1.85. The van der Waals surface area contributed by atoms with E-state index in [4.69, 9.17) is 0 Å². The van der Waals surface area contributed by atoms with Gasteiger partial charge >= 0.3 is 36.0 Å². The van der Waals surface area contributed by atoms with Gasteiger partial charge in [0.1, 0.15) is 0 Å². The summed E-state index contributed by atoms with van der Waals surface area (Å²) in [5.41, 5.74) is -15.6. The molecule has 2 aliphatic heterocycles. The Morgan fingerprint density at radius 3 is 0.857 bits per heavy atom. The van der Waals surface area contributed by atoms with Crippen molar-refractivity contribution in [3.63, 3.8) is 0 Å². The normalized spacial score (nSPS) is 19.1. The van der Waals surface area contributed by atoms with Crippen LogP contribution in [0.3, 0.4) is 0 Å². The molecule has 4 nitrogen and oxygen atoms in total. The van der Waals surface area contributed by atoms with Crippen LogP contribution in [0.4, 0.5) is 52.7 Å². The van der Waals surface area contributed by atoms with Gasteiger partial charge in [-0.25, -0.2) is 0 Å². The summed E-state index contributed by atoms with van der Waals surface area (Å²) in [7, 11) is 0. The smallest absolute Gasteiger partial charge is 0.169 e. The highest BCUT2D eigenvalue weighted by Gasteiger charge is 2.73. The minimum atomic E-state index is -6.11. The monoisotopic (exact) mass is 520 g/mol. The van der Waals surface area contributed by atoms with E-state index in [0.717, 1.165) is 0 Å². The molecule has 2 aliphatic rings. The Morgan fingerprint density at radius 1 is 0.429 bits per heavy atom. The van der Waals surface area contributed by atoms with Gasteiger partial charge in [0.15, 0.2) is 0 Å². The molecule has 0 aromatic heterocycles. The summed E-state index contributed by atoms with van der Waals surface area (Å²) in [4.78, 5) is 0. The first-order chi connectivity index (χ1) is 15.8. The average molecular weight is 520 g/mol. The molecule has 0 aliphatic carbocycles. The van der Waals surface area contributed by atoms with Crippen molar-refractivity contribution < 1.29 is 52.7 Å². The summed E-state index contributed by atoms with van der Waals surface area (Å²) in [6, 6.07) is 2.31. The highest BCUT2D eigenvalue weighted by molar-refractivity contribution is 5.47. The molecule has 4 rings (SSSR count). The maximum Gasteiger partial charge on any atom is 0.442 e. The number of halogens is 12. The van der Waals surface area contributed by atoms with Crippen LogP contribution in [0.5, 0.6) is 0 Å². The Labute approximate surface area is 186 Å². The van der Waals surface area contributed by atoms with Crippen molar-refractivity contribution >= 4 is 0 Å². The van der Waals surface area contributed by atoms with E-state index in [2.05, 4.69) is 20.5 Å². The number of rotatable bonds is 4. The van der Waals surface area contributed by atoms with Crippen LogP contribution in [-0.2, 0) is 16.7 Å². The molecule has 0 radical (unpaired) electrons. The minimum absolute atomic E-state index is 0.198. The average Bonchev–Trinajstić information content (AvgIpc) is 3.59. The van der Waals surface area contributed by atoms with Gasteiger partial charge in [-0.05, 0) is 11.1 Å². The predicted octanol–water partition coefficient (Wildman–Crippen LogP) is 7.46. The van der Waals surface area contributed by atoms with Crippen molar-refractivity contribution in [2.75, 3.05) is 0 Å². The number of alkyl halides is 12. The molecule has 35 heavy (non-hydrogen) atoms. The fraction of sp³-hybridized carbons (Fsp3) is 0.368. The molecule has 2 aromatic carbocycles. The lowest BCUT2D eigenvalue weighted by atomic mass is 9.72. The van der Waals surface area contributed by atoms with Gasteiger partial charge in [-0.15, -0.1) is 20.5 Å². The van der Waals surface area contributed by atoms with Crippen LogP contribution < -0.4 is 0 Å². The first-order valence-electron chi connectivity index (χ1n) is 9.20. The predicted molar refractivity (Wildman–Crippen MR) is 91.0 cm³/mol. The van der Waals surface area contributed by atoms with Crippen molar-refractivity contribution in [1.82, 2.24) is 0 Å². The Kier molecular flexibility index (Phi) is 4.94. The fourth-order valence-electron chi connectivity index (χ4n) is 3.77. The fourth-order valence-corrected chi connectivity index (χ4v) is 3.77. The van der Waals surface area contributed by atoms with Gasteiger partial charge in [-0.3, -0.25) is 0 Å². The lowest BCUT2D eigenvalue weighted by Crippen LogP contribution is -2.54. The molecule has 0 atom stereocenters. The second kappa shape index (κ2) is 6.94. The maximum atomic E-state index is 14.2. The third-order valence-electron chi connectivity index (χ3n) is 5.68. The van der Waals surface area contributed by atoms with Gasteiger partial charge < -0.3 is 0 Å². The zero-order chi connectivity index (χ0) is 26.3. The zero-order valence-corrected chi connectivity index (χ0v) is 16.4. The van der Waals surface area contributed by atoms with Gasteiger partial charge in [0, 0.05) is 11.1 Å². The Morgan fingerprint density at radius 2 is 0.686 bits per heavy atom. The van der Waals surface area contributed by atoms with Crippen molar-refractivity contribution in [3.05, 3.63) is 70.8 Å². The second-order valence-corrected chi connectivity index (χ2v) is 7.64. The molecule has 2 heterocycles. The van der Waals surface area contributed by atoms with E-state index in [0.29, 0.717) is 24.3 Å². The van der Waals surface area contributed by atoms with Gasteiger partial charge in [0.05, 0.1) is 0 Å². The summed E-state index contributed by atoms with van der Waals surface area (Å²) < 4.78 is 164. The zero-order valence-electron chi connectivity index (χ0n) is 16.4. The van der Waals surface area contributed by atoms with E-state index in [-0.39, 0.29) is 24.3 Å². The first-order valence-corrected chi connectivity index (χ1v) is 9.20. The molecule has 0 saturated carbocycles. The second-order valence-electron chi connectivity index (χ2n) is 7.64. The molecule has 0 saturated heterocycles. The molecule has 0 fully saturated rings. The van der Waals surface area contributed by atoms with Crippen LogP contribution >= 0.6 is 0 Å². The van der Waals surface area contributed by atoms with Gasteiger partial charge in [-0.2, -0.15) is 52.7 Å². The number of hydrogen-bond acceptors (Lipinski definition) is 4. The third-order valence-corrected chi connectivity index (χ3v) is 5.68. The van der Waals surface area contributed by atoms with Crippen molar-refractivity contribution in [3.8, 4) is 0 Å². The van der Waals surface area contributed by atoms with E-state index in [9.17, 15) is 52.7 Å². The molecule has 0 N–H and O–H groups in total. The summed E-state index contributed by atoms with van der Waals surface area (Å²) in [6.45, 7) is 0. The van der Waals surface area contributed by atoms with Crippen molar-refractivity contribution in [2.45, 2.75) is 41.4 Å². The van der Waals surface area contributed by atoms with E-state index in [1.165, 1.54) is 0 Å². The largest absolute Gasteiger partial charge is 0.442 e. The summed E-state index contributed by atoms with van der Waals surface area (Å²) in [5.74, 6) is 0. The quantitative estimate of drug-likeness (QED) is 0.376. The van der Waals surface area contributed by atoms with Crippen LogP contribution in [0.1, 0.15) is 22.3 Å². The molecule has 0 unspecified atom stereocenters. The molecular formula is C19H8F12N4. The highest BCUT2D eigenvalue weighted by atomic mass is 19.4. The van der Waals surface area contributed by atoms with Crippen LogP contribution in [-0.4, -0.2) is 24.7 Å². The molecule has 0 spiro atoms. The van der Waals surface area contributed by atoms with Gasteiger partial charge in [0.2, 0.25) is 5.41 Å². The first kappa shape index (κ1) is 24.9. The standard InChI is InChI=1S/C19H8F12N4/c20-16(21,22)13(17(23,24)25,9-1-5-11(6-2-9)14(32-33-14)18(26,27)28)10-3-7-12(8-4-10)15(34-35-15)19(29,30)31/h1-8H. The lowest BCUT2D eigenvalue weighted by molar-refractivity contribution is -0.288. The Hall–Kier alpha value is -3.20. The lowest BCUT2D eigenvalue weighted by Gasteiger charge is -2.38. The van der Waals surface area contributed by atoms with Crippen LogP contribution in [0.25, 0.3) is 0 Å². The number of nitrogens with zero attached hydrogens (tertiary/aromatic N) is 4. The summed E-state index contributed by atoms with van der Waals surface area (Å²) in [6.07, 6.45) is -22.4. The maximum absolute atomic E-state index is 14.2. The van der Waals surface area contributed by atoms with Crippen molar-refractivity contribution in [1.29, 1.82) is 0 Å². The molecule has 0 bridgehead atoms. The highest BCUT2D eigenvalue weighted by Crippen LogP contribution is 2.58. The van der Waals surface area contributed by atoms with Crippen LogP contribution in [0.15, 0.2) is 69.0 Å². The van der Waals surface area contributed by atoms with Gasteiger partial charge in [-0.1, -0.05) is 48.5 Å². The van der Waals surface area contributed by atoms with Gasteiger partial charge in [0.25, 0.3) is 0 Å². The third kappa shape index (κ3) is 3.39. The molecule has 188 valence electrons. The molecule has 2 aromatic rings. The van der Waals surface area contributed by atoms with Crippen LogP contribution in [0, 0.1) is 0 Å². The minimum Gasteiger partial charge on any atom is -0.169 e. The van der Waals surface area contributed by atoms with Crippen LogP contribution in [0.2, 0.25) is 0 Å². The molecular weight excluding hydrogens is 512 g/mol. The van der Waals surface area contributed by atoms with E-state index < -0.39 is 63.7 Å². The Bertz CT molecular complexity index is 1080. The molecule has 0 amide bonds. The van der Waals surface area contributed by atoms with Crippen molar-refractivity contribution in [2.24, 2.45) is 20.5 Å². The SMILES string of the molecule is FC(F)(F)C1(c2ccc(C(c3ccc(C4(C(F)(F)F)N=N4)cc3)(C(F)(F)F)C(F)(F)F)cc2)N=N1. The summed E-state index contributed by atoms with van der Waals surface area (Å²) in [5, 5.41) is 11.3. The van der Waals surface area contributed by atoms with E-state index >= 15 is 0 Å².